The van der Waals surface area contributed by atoms with Gasteiger partial charge in [-0.15, -0.1) is 0 Å². The average molecular weight is 250 g/mol. The van der Waals surface area contributed by atoms with Gasteiger partial charge in [-0.2, -0.15) is 0 Å². The molecule has 0 aliphatic heterocycles. The monoisotopic (exact) mass is 250 g/mol. The van der Waals surface area contributed by atoms with Crippen molar-refractivity contribution in [2.75, 3.05) is 0 Å². The Morgan fingerprint density at radius 2 is 1.68 bits per heavy atom. The van der Waals surface area contributed by atoms with Gasteiger partial charge in [0.1, 0.15) is 16.6 Å². The lowest BCUT2D eigenvalue weighted by atomic mass is 10.1. The molecule has 0 atom stereocenters. The molecule has 0 bridgehead atoms. The molecule has 3 nitrogen and oxygen atoms in total. The smallest absolute Gasteiger partial charge is 0.348 e. The maximum atomic E-state index is 12.1. The summed E-state index contributed by atoms with van der Waals surface area (Å²) in [6.07, 6.45) is 0. The molecule has 2 aromatic heterocycles. The van der Waals surface area contributed by atoms with E-state index in [1.165, 1.54) is 0 Å². The highest BCUT2D eigenvalue weighted by atomic mass is 16.4. The minimum Gasteiger partial charge on any atom is -0.455 e. The summed E-state index contributed by atoms with van der Waals surface area (Å²) in [5.74, 6) is 0. The second kappa shape index (κ2) is 3.48. The lowest BCUT2D eigenvalue weighted by Crippen LogP contribution is -1.98. The quantitative estimate of drug-likeness (QED) is 0.443. The zero-order valence-electron chi connectivity index (χ0n) is 10.3. The largest absolute Gasteiger partial charge is 0.455 e. The summed E-state index contributed by atoms with van der Waals surface area (Å²) in [4.78, 5) is 12.1. The van der Waals surface area contributed by atoms with Crippen LogP contribution in [0.4, 0.5) is 0 Å². The van der Waals surface area contributed by atoms with Gasteiger partial charge in [0.2, 0.25) is 0 Å². The molecule has 0 unspecified atom stereocenters. The van der Waals surface area contributed by atoms with E-state index in [-0.39, 0.29) is 5.63 Å². The molecule has 0 N–H and O–H groups in total. The standard InChI is InChI=1S/C16H10O3/c1-9-6-7-13-11(8-9)15-14(16(17)19-13)10-4-2-3-5-12(10)18-15/h2-8H,1H3. The molecule has 0 aliphatic rings. The third-order valence-corrected chi connectivity index (χ3v) is 3.38. The first-order chi connectivity index (χ1) is 9.24. The van der Waals surface area contributed by atoms with Crippen LogP contribution in [0.1, 0.15) is 5.56 Å². The maximum Gasteiger partial charge on any atom is 0.348 e. The summed E-state index contributed by atoms with van der Waals surface area (Å²) in [5, 5.41) is 2.16. The molecule has 3 heteroatoms. The summed E-state index contributed by atoms with van der Waals surface area (Å²) < 4.78 is 11.2. The molecule has 0 amide bonds. The Hall–Kier alpha value is -2.55. The Kier molecular flexibility index (Phi) is 1.90. The van der Waals surface area contributed by atoms with Gasteiger partial charge < -0.3 is 8.83 Å². The summed E-state index contributed by atoms with van der Waals surface area (Å²) in [6.45, 7) is 2.00. The number of rotatable bonds is 0. The van der Waals surface area contributed by atoms with Crippen LogP contribution in [0, 0.1) is 6.92 Å². The second-order valence-corrected chi connectivity index (χ2v) is 4.69. The highest BCUT2D eigenvalue weighted by Gasteiger charge is 2.15. The van der Waals surface area contributed by atoms with Crippen molar-refractivity contribution in [3.05, 3.63) is 58.4 Å². The maximum absolute atomic E-state index is 12.1. The van der Waals surface area contributed by atoms with Crippen molar-refractivity contribution < 1.29 is 8.83 Å². The molecule has 2 heterocycles. The zero-order chi connectivity index (χ0) is 13.0. The highest BCUT2D eigenvalue weighted by Crippen LogP contribution is 2.31. The molecular weight excluding hydrogens is 240 g/mol. The van der Waals surface area contributed by atoms with Crippen molar-refractivity contribution in [2.45, 2.75) is 6.92 Å². The molecule has 2 aromatic carbocycles. The van der Waals surface area contributed by atoms with Gasteiger partial charge in [-0.25, -0.2) is 4.79 Å². The van der Waals surface area contributed by atoms with Gasteiger partial charge in [0.15, 0.2) is 5.58 Å². The van der Waals surface area contributed by atoms with Gasteiger partial charge in [0, 0.05) is 5.39 Å². The summed E-state index contributed by atoms with van der Waals surface area (Å²) >= 11 is 0. The Balaban J connectivity index is 2.39. The zero-order valence-corrected chi connectivity index (χ0v) is 10.3. The van der Waals surface area contributed by atoms with Gasteiger partial charge in [0.05, 0.1) is 5.39 Å². The number of furan rings is 1. The lowest BCUT2D eigenvalue weighted by molar-refractivity contribution is 0.567. The van der Waals surface area contributed by atoms with Crippen LogP contribution in [0.15, 0.2) is 56.1 Å². The van der Waals surface area contributed by atoms with Gasteiger partial charge >= 0.3 is 5.63 Å². The number of aryl methyl sites for hydroxylation is 1. The SMILES string of the molecule is Cc1ccc2oc(=O)c3c4ccccc4oc3c2c1. The van der Waals surface area contributed by atoms with Gasteiger partial charge in [-0.3, -0.25) is 0 Å². The number of fused-ring (bicyclic) bond motifs is 5. The van der Waals surface area contributed by atoms with E-state index in [4.69, 9.17) is 8.83 Å². The first-order valence-corrected chi connectivity index (χ1v) is 6.09. The predicted molar refractivity (Wildman–Crippen MR) is 74.5 cm³/mol. The Morgan fingerprint density at radius 1 is 0.895 bits per heavy atom. The van der Waals surface area contributed by atoms with E-state index in [9.17, 15) is 4.79 Å². The van der Waals surface area contributed by atoms with Crippen LogP contribution in [0.2, 0.25) is 0 Å². The summed E-state index contributed by atoms with van der Waals surface area (Å²) in [6, 6.07) is 13.2. The number of benzene rings is 2. The Bertz CT molecular complexity index is 989. The average Bonchev–Trinajstić information content (AvgIpc) is 2.80. The van der Waals surface area contributed by atoms with E-state index in [0.29, 0.717) is 22.1 Å². The molecule has 0 fully saturated rings. The van der Waals surface area contributed by atoms with Crippen molar-refractivity contribution in [1.29, 1.82) is 0 Å². The molecule has 0 radical (unpaired) electrons. The van der Waals surface area contributed by atoms with Crippen LogP contribution >= 0.6 is 0 Å². The van der Waals surface area contributed by atoms with Crippen LogP contribution in [-0.4, -0.2) is 0 Å². The Labute approximate surface area is 108 Å². The predicted octanol–water partition coefficient (Wildman–Crippen LogP) is 4.00. The third kappa shape index (κ3) is 1.35. The third-order valence-electron chi connectivity index (χ3n) is 3.38. The molecular formula is C16H10O3. The normalized spacial score (nSPS) is 11.6. The van der Waals surface area contributed by atoms with Gasteiger partial charge in [0.25, 0.3) is 0 Å². The molecule has 0 saturated carbocycles. The minimum atomic E-state index is -0.351. The van der Waals surface area contributed by atoms with E-state index in [1.807, 2.05) is 43.3 Å². The number of hydrogen-bond acceptors (Lipinski definition) is 3. The summed E-state index contributed by atoms with van der Waals surface area (Å²) in [7, 11) is 0. The van der Waals surface area contributed by atoms with E-state index < -0.39 is 0 Å². The molecule has 0 spiro atoms. The molecule has 4 aromatic rings. The van der Waals surface area contributed by atoms with Crippen molar-refractivity contribution in [2.24, 2.45) is 0 Å². The van der Waals surface area contributed by atoms with Crippen LogP contribution < -0.4 is 5.63 Å². The van der Waals surface area contributed by atoms with Crippen LogP contribution in [0.3, 0.4) is 0 Å². The topological polar surface area (TPSA) is 43.4 Å². The van der Waals surface area contributed by atoms with Crippen LogP contribution in [-0.2, 0) is 0 Å². The highest BCUT2D eigenvalue weighted by molar-refractivity contribution is 6.12. The lowest BCUT2D eigenvalue weighted by Gasteiger charge is -1.98. The van der Waals surface area contributed by atoms with E-state index in [0.717, 1.165) is 16.3 Å². The van der Waals surface area contributed by atoms with E-state index >= 15 is 0 Å². The van der Waals surface area contributed by atoms with Crippen molar-refractivity contribution in [1.82, 2.24) is 0 Å². The van der Waals surface area contributed by atoms with Crippen LogP contribution in [0.25, 0.3) is 32.9 Å². The molecule has 0 saturated heterocycles. The van der Waals surface area contributed by atoms with Crippen molar-refractivity contribution in [3.8, 4) is 0 Å². The molecule has 4 rings (SSSR count). The molecule has 92 valence electrons. The first kappa shape index (κ1) is 10.4. The van der Waals surface area contributed by atoms with Crippen LogP contribution in [0.5, 0.6) is 0 Å². The fourth-order valence-corrected chi connectivity index (χ4v) is 2.50. The minimum absolute atomic E-state index is 0.351. The molecule has 19 heavy (non-hydrogen) atoms. The van der Waals surface area contributed by atoms with Crippen molar-refractivity contribution in [3.63, 3.8) is 0 Å². The fourth-order valence-electron chi connectivity index (χ4n) is 2.50. The molecule has 0 aliphatic carbocycles. The van der Waals surface area contributed by atoms with E-state index in [1.54, 1.807) is 6.07 Å². The van der Waals surface area contributed by atoms with E-state index in [2.05, 4.69) is 0 Å². The fraction of sp³-hybridized carbons (Fsp3) is 0.0625. The second-order valence-electron chi connectivity index (χ2n) is 4.69. The first-order valence-electron chi connectivity index (χ1n) is 6.09. The number of hydrogen-bond donors (Lipinski definition) is 0. The van der Waals surface area contributed by atoms with Gasteiger partial charge in [-0.05, 0) is 25.1 Å². The Morgan fingerprint density at radius 3 is 2.58 bits per heavy atom. The van der Waals surface area contributed by atoms with Gasteiger partial charge in [-0.1, -0.05) is 29.8 Å². The number of para-hydroxylation sites is 1. The summed E-state index contributed by atoms with van der Waals surface area (Å²) in [5.41, 5.74) is 2.62. The van der Waals surface area contributed by atoms with Crippen molar-refractivity contribution >= 4 is 32.9 Å².